The zero-order chi connectivity index (χ0) is 48.6. The second kappa shape index (κ2) is 56.7. The first kappa shape index (κ1) is 65.1. The number of rotatable bonds is 56. The van der Waals surface area contributed by atoms with E-state index in [1.165, 1.54) is 218 Å². The second-order valence-electron chi connectivity index (χ2n) is 20.6. The van der Waals surface area contributed by atoms with Crippen molar-refractivity contribution in [1.29, 1.82) is 0 Å². The van der Waals surface area contributed by atoms with Crippen molar-refractivity contribution in [3.05, 3.63) is 12.2 Å². The van der Waals surface area contributed by atoms with Crippen LogP contribution < -0.4 is 0 Å². The topological polar surface area (TPSA) is 78.9 Å². The number of carbonyl (C=O) groups excluding carboxylic acids is 3. The van der Waals surface area contributed by atoms with Gasteiger partial charge in [-0.05, 0) is 38.5 Å². The molecule has 0 spiro atoms. The molecule has 0 heterocycles. The average molecular weight is 946 g/mol. The van der Waals surface area contributed by atoms with Gasteiger partial charge in [-0.15, -0.1) is 0 Å². The predicted octanol–water partition coefficient (Wildman–Crippen LogP) is 20.1. The summed E-state index contributed by atoms with van der Waals surface area (Å²) in [5, 5.41) is 0. The molecular weight excluding hydrogens is 829 g/mol. The third kappa shape index (κ3) is 55.0. The van der Waals surface area contributed by atoms with Gasteiger partial charge in [0.1, 0.15) is 13.2 Å². The molecule has 0 N–H and O–H groups in total. The Bertz CT molecular complexity index is 1040. The van der Waals surface area contributed by atoms with Gasteiger partial charge in [-0.3, -0.25) is 14.4 Å². The van der Waals surface area contributed by atoms with E-state index in [4.69, 9.17) is 14.2 Å². The van der Waals surface area contributed by atoms with Crippen LogP contribution in [0.25, 0.3) is 0 Å². The van der Waals surface area contributed by atoms with Crippen LogP contribution in [0.4, 0.5) is 0 Å². The summed E-state index contributed by atoms with van der Waals surface area (Å²) in [6.07, 6.45) is 65.9. The van der Waals surface area contributed by atoms with E-state index in [-0.39, 0.29) is 31.1 Å². The van der Waals surface area contributed by atoms with Gasteiger partial charge in [-0.25, -0.2) is 0 Å². The molecule has 1 atom stereocenters. The Labute approximate surface area is 418 Å². The molecule has 0 aliphatic heterocycles. The first-order valence-corrected chi connectivity index (χ1v) is 30.2. The highest BCUT2D eigenvalue weighted by Crippen LogP contribution is 2.18. The van der Waals surface area contributed by atoms with Gasteiger partial charge in [-0.2, -0.15) is 0 Å². The van der Waals surface area contributed by atoms with Crippen molar-refractivity contribution >= 4 is 17.9 Å². The summed E-state index contributed by atoms with van der Waals surface area (Å²) in [5.74, 6) is -0.880. The van der Waals surface area contributed by atoms with Crippen molar-refractivity contribution in [3.8, 4) is 0 Å². The highest BCUT2D eigenvalue weighted by Gasteiger charge is 2.19. The summed E-state index contributed by atoms with van der Waals surface area (Å²) in [7, 11) is 0. The van der Waals surface area contributed by atoms with Crippen LogP contribution in [-0.2, 0) is 28.6 Å². The first-order chi connectivity index (χ1) is 33.0. The summed E-state index contributed by atoms with van der Waals surface area (Å²) >= 11 is 0. The molecule has 0 aliphatic rings. The summed E-state index contributed by atoms with van der Waals surface area (Å²) < 4.78 is 16.7. The molecule has 0 aromatic rings. The van der Waals surface area contributed by atoms with E-state index in [0.29, 0.717) is 19.3 Å². The molecule has 0 aromatic carbocycles. The number of hydrogen-bond donors (Lipinski definition) is 0. The Morgan fingerprint density at radius 3 is 0.806 bits per heavy atom. The number of hydrogen-bond acceptors (Lipinski definition) is 6. The van der Waals surface area contributed by atoms with Crippen LogP contribution in [0.2, 0.25) is 0 Å². The fourth-order valence-corrected chi connectivity index (χ4v) is 9.21. The van der Waals surface area contributed by atoms with Crippen molar-refractivity contribution in [3.63, 3.8) is 0 Å². The third-order valence-corrected chi connectivity index (χ3v) is 13.8. The van der Waals surface area contributed by atoms with Gasteiger partial charge in [0.2, 0.25) is 0 Å². The van der Waals surface area contributed by atoms with Crippen molar-refractivity contribution in [2.24, 2.45) is 0 Å². The van der Waals surface area contributed by atoms with Crippen molar-refractivity contribution in [2.45, 2.75) is 348 Å². The standard InChI is InChI=1S/C61H116O6/c1-4-7-10-13-15-17-19-20-21-22-23-24-25-26-27-28-29-30-31-32-33-34-35-36-37-38-39-40-41-42-44-45-48-51-54-60(63)66-57-58(56-65-59(62)53-50-47-12-9-6-3)67-61(64)55-52-49-46-43-18-16-14-11-8-5-2/h11,14,58H,4-10,12-13,15-57H2,1-3H3/b14-11-. The van der Waals surface area contributed by atoms with E-state index in [1.54, 1.807) is 0 Å². The van der Waals surface area contributed by atoms with E-state index in [2.05, 4.69) is 32.9 Å². The Hall–Kier alpha value is -1.85. The van der Waals surface area contributed by atoms with Crippen molar-refractivity contribution < 1.29 is 28.6 Å². The number of ether oxygens (including phenoxy) is 3. The van der Waals surface area contributed by atoms with Gasteiger partial charge >= 0.3 is 17.9 Å². The van der Waals surface area contributed by atoms with Crippen LogP contribution in [0, 0.1) is 0 Å². The summed E-state index contributed by atoms with van der Waals surface area (Å²) in [6.45, 7) is 6.53. The van der Waals surface area contributed by atoms with Crippen LogP contribution in [0.3, 0.4) is 0 Å². The molecule has 0 radical (unpaired) electrons. The molecule has 0 amide bonds. The molecular formula is C61H116O6. The molecule has 67 heavy (non-hydrogen) atoms. The Morgan fingerprint density at radius 1 is 0.284 bits per heavy atom. The van der Waals surface area contributed by atoms with E-state index >= 15 is 0 Å². The predicted molar refractivity (Wildman–Crippen MR) is 289 cm³/mol. The lowest BCUT2D eigenvalue weighted by Gasteiger charge is -2.18. The van der Waals surface area contributed by atoms with Crippen molar-refractivity contribution in [2.75, 3.05) is 13.2 Å². The molecule has 0 fully saturated rings. The third-order valence-electron chi connectivity index (χ3n) is 13.8. The Morgan fingerprint density at radius 2 is 0.522 bits per heavy atom. The highest BCUT2D eigenvalue weighted by atomic mass is 16.6. The van der Waals surface area contributed by atoms with E-state index in [0.717, 1.165) is 83.5 Å². The minimum absolute atomic E-state index is 0.0699. The normalized spacial score (nSPS) is 12.0. The molecule has 0 saturated heterocycles. The maximum Gasteiger partial charge on any atom is 0.306 e. The number of allylic oxidation sites excluding steroid dienone is 2. The minimum Gasteiger partial charge on any atom is -0.462 e. The van der Waals surface area contributed by atoms with Gasteiger partial charge in [-0.1, -0.05) is 296 Å². The van der Waals surface area contributed by atoms with Gasteiger partial charge < -0.3 is 14.2 Å². The quantitative estimate of drug-likeness (QED) is 0.0262. The van der Waals surface area contributed by atoms with Crippen molar-refractivity contribution in [1.82, 2.24) is 0 Å². The molecule has 6 heteroatoms. The zero-order valence-electron chi connectivity index (χ0n) is 45.5. The molecule has 0 saturated carbocycles. The smallest absolute Gasteiger partial charge is 0.306 e. The minimum atomic E-state index is -0.765. The van der Waals surface area contributed by atoms with Gasteiger partial charge in [0, 0.05) is 19.3 Å². The fraction of sp³-hybridized carbons (Fsp3) is 0.918. The molecule has 6 nitrogen and oxygen atoms in total. The molecule has 0 aromatic heterocycles. The lowest BCUT2D eigenvalue weighted by molar-refractivity contribution is -0.167. The zero-order valence-corrected chi connectivity index (χ0v) is 45.5. The first-order valence-electron chi connectivity index (χ1n) is 30.2. The monoisotopic (exact) mass is 945 g/mol. The summed E-state index contributed by atoms with van der Waals surface area (Å²) in [6, 6.07) is 0. The maximum atomic E-state index is 12.7. The number of carbonyl (C=O) groups is 3. The molecule has 396 valence electrons. The van der Waals surface area contributed by atoms with Crippen LogP contribution in [0.5, 0.6) is 0 Å². The van der Waals surface area contributed by atoms with Crippen LogP contribution in [0.15, 0.2) is 12.2 Å². The molecule has 0 rings (SSSR count). The van der Waals surface area contributed by atoms with Gasteiger partial charge in [0.15, 0.2) is 6.10 Å². The van der Waals surface area contributed by atoms with Gasteiger partial charge in [0.05, 0.1) is 0 Å². The van der Waals surface area contributed by atoms with E-state index in [1.807, 2.05) is 0 Å². The lowest BCUT2D eigenvalue weighted by atomic mass is 10.0. The number of unbranched alkanes of at least 4 members (excludes halogenated alkanes) is 43. The van der Waals surface area contributed by atoms with Gasteiger partial charge in [0.25, 0.3) is 0 Å². The van der Waals surface area contributed by atoms with Crippen LogP contribution >= 0.6 is 0 Å². The SMILES string of the molecule is CCC/C=C\CCCCCCCC(=O)OC(COC(=O)CCCCCCC)COC(=O)CCCCCCCCCCCCCCCCCCCCCCCCCCCCCCCCCCCC. The van der Waals surface area contributed by atoms with Crippen LogP contribution in [0.1, 0.15) is 342 Å². The Balaban J connectivity index is 3.75. The number of esters is 3. The fourth-order valence-electron chi connectivity index (χ4n) is 9.21. The van der Waals surface area contributed by atoms with E-state index < -0.39 is 6.10 Å². The van der Waals surface area contributed by atoms with E-state index in [9.17, 15) is 14.4 Å². The second-order valence-corrected chi connectivity index (χ2v) is 20.6. The average Bonchev–Trinajstić information content (AvgIpc) is 3.33. The lowest BCUT2D eigenvalue weighted by Crippen LogP contribution is -2.30. The summed E-state index contributed by atoms with van der Waals surface area (Å²) in [5.41, 5.74) is 0. The summed E-state index contributed by atoms with van der Waals surface area (Å²) in [4.78, 5) is 37.6. The Kier molecular flexibility index (Phi) is 55.2. The maximum absolute atomic E-state index is 12.7. The molecule has 1 unspecified atom stereocenters. The van der Waals surface area contributed by atoms with Crippen LogP contribution in [-0.4, -0.2) is 37.2 Å². The molecule has 0 bridgehead atoms. The largest absolute Gasteiger partial charge is 0.462 e. The highest BCUT2D eigenvalue weighted by molar-refractivity contribution is 5.71. The molecule has 0 aliphatic carbocycles.